The van der Waals surface area contributed by atoms with Gasteiger partial charge in [-0.3, -0.25) is 20.2 Å². The number of hydrogen-bond acceptors (Lipinski definition) is 4. The van der Waals surface area contributed by atoms with E-state index in [0.717, 1.165) is 0 Å². The van der Waals surface area contributed by atoms with E-state index < -0.39 is 28.4 Å². The molecule has 0 radical (unpaired) electrons. The minimum Gasteiger partial charge on any atom is -0.265 e. The van der Waals surface area contributed by atoms with Gasteiger partial charge in [-0.15, -0.1) is 0 Å². The van der Waals surface area contributed by atoms with Crippen molar-refractivity contribution in [1.82, 2.24) is 0 Å². The Labute approximate surface area is 92.2 Å². The molecule has 6 heteroatoms. The number of benzene rings is 1. The first kappa shape index (κ1) is 12.1. The van der Waals surface area contributed by atoms with Crippen molar-refractivity contribution in [2.75, 3.05) is 6.54 Å². The van der Waals surface area contributed by atoms with Gasteiger partial charge in [0.1, 0.15) is 5.92 Å². The topological polar surface area (TPSA) is 86.3 Å². The molecule has 0 heterocycles. The molecule has 0 saturated carbocycles. The molecule has 1 aromatic carbocycles. The third-order valence-corrected chi connectivity index (χ3v) is 2.49. The highest BCUT2D eigenvalue weighted by molar-refractivity contribution is 5.20. The summed E-state index contributed by atoms with van der Waals surface area (Å²) < 4.78 is 0. The molecular formula is C10H12N2O4. The van der Waals surface area contributed by atoms with Crippen molar-refractivity contribution in [2.24, 2.45) is 0 Å². The monoisotopic (exact) mass is 224 g/mol. The minimum atomic E-state index is -0.965. The fraction of sp³-hybridized carbons (Fsp3) is 0.400. The van der Waals surface area contributed by atoms with Crippen LogP contribution in [0.25, 0.3) is 0 Å². The van der Waals surface area contributed by atoms with Crippen molar-refractivity contribution in [3.63, 3.8) is 0 Å². The van der Waals surface area contributed by atoms with Gasteiger partial charge in [-0.1, -0.05) is 30.3 Å². The lowest BCUT2D eigenvalue weighted by Gasteiger charge is -2.14. The highest BCUT2D eigenvalue weighted by atomic mass is 16.6. The van der Waals surface area contributed by atoms with E-state index in [1.54, 1.807) is 30.3 Å². The highest BCUT2D eigenvalue weighted by Gasteiger charge is 2.32. The van der Waals surface area contributed by atoms with Gasteiger partial charge in [-0.2, -0.15) is 0 Å². The van der Waals surface area contributed by atoms with E-state index in [-0.39, 0.29) is 0 Å². The number of nitro groups is 2. The summed E-state index contributed by atoms with van der Waals surface area (Å²) in [5, 5.41) is 21.2. The molecule has 0 saturated heterocycles. The van der Waals surface area contributed by atoms with Crippen molar-refractivity contribution in [2.45, 2.75) is 18.9 Å². The molecule has 1 rings (SSSR count). The Morgan fingerprint density at radius 1 is 1.19 bits per heavy atom. The van der Waals surface area contributed by atoms with Gasteiger partial charge in [-0.25, -0.2) is 0 Å². The largest absolute Gasteiger partial charge is 0.265 e. The summed E-state index contributed by atoms with van der Waals surface area (Å²) in [4.78, 5) is 20.2. The lowest BCUT2D eigenvalue weighted by atomic mass is 9.93. The van der Waals surface area contributed by atoms with E-state index in [2.05, 4.69) is 0 Å². The second-order valence-corrected chi connectivity index (χ2v) is 3.56. The fourth-order valence-electron chi connectivity index (χ4n) is 1.54. The molecule has 6 nitrogen and oxygen atoms in total. The zero-order valence-electron chi connectivity index (χ0n) is 8.78. The highest BCUT2D eigenvalue weighted by Crippen LogP contribution is 2.21. The Hall–Kier alpha value is -1.98. The molecule has 0 spiro atoms. The zero-order chi connectivity index (χ0) is 12.1. The molecule has 2 atom stereocenters. The molecule has 0 aromatic heterocycles. The first-order valence-electron chi connectivity index (χ1n) is 4.82. The van der Waals surface area contributed by atoms with Crippen LogP contribution in [0.4, 0.5) is 0 Å². The molecule has 86 valence electrons. The summed E-state index contributed by atoms with van der Waals surface area (Å²) in [7, 11) is 0. The Kier molecular flexibility index (Phi) is 3.93. The van der Waals surface area contributed by atoms with Gasteiger partial charge in [0.15, 0.2) is 0 Å². The average molecular weight is 224 g/mol. The molecule has 0 unspecified atom stereocenters. The molecule has 0 fully saturated rings. The van der Waals surface area contributed by atoms with Crippen LogP contribution in [0, 0.1) is 20.2 Å². The van der Waals surface area contributed by atoms with E-state index in [1.165, 1.54) is 6.92 Å². The lowest BCUT2D eigenvalue weighted by Crippen LogP contribution is -2.29. The summed E-state index contributed by atoms with van der Waals surface area (Å²) in [5.74, 6) is -0.689. The molecule has 0 N–H and O–H groups in total. The molecule has 0 aliphatic heterocycles. The second-order valence-electron chi connectivity index (χ2n) is 3.56. The normalized spacial score (nSPS) is 14.1. The van der Waals surface area contributed by atoms with Crippen molar-refractivity contribution in [3.8, 4) is 0 Å². The van der Waals surface area contributed by atoms with Crippen LogP contribution in [0.3, 0.4) is 0 Å². The summed E-state index contributed by atoms with van der Waals surface area (Å²) >= 11 is 0. The first-order chi connectivity index (χ1) is 7.52. The summed E-state index contributed by atoms with van der Waals surface area (Å²) in [6, 6.07) is 7.59. The van der Waals surface area contributed by atoms with Gasteiger partial charge in [0.05, 0.1) is 0 Å². The van der Waals surface area contributed by atoms with Gasteiger partial charge in [0.25, 0.3) is 0 Å². The Morgan fingerprint density at radius 3 is 2.19 bits per heavy atom. The van der Waals surface area contributed by atoms with Crippen LogP contribution in [0.15, 0.2) is 30.3 Å². The van der Waals surface area contributed by atoms with Crippen LogP contribution in [-0.2, 0) is 0 Å². The van der Waals surface area contributed by atoms with Crippen LogP contribution in [0.1, 0.15) is 18.4 Å². The van der Waals surface area contributed by atoms with Gasteiger partial charge < -0.3 is 0 Å². The number of nitrogens with zero attached hydrogens (tertiary/aromatic N) is 2. The van der Waals surface area contributed by atoms with E-state index in [1.807, 2.05) is 0 Å². The van der Waals surface area contributed by atoms with E-state index in [9.17, 15) is 20.2 Å². The van der Waals surface area contributed by atoms with E-state index in [0.29, 0.717) is 5.56 Å². The molecule has 0 aliphatic carbocycles. The maximum Gasteiger partial charge on any atom is 0.223 e. The molecule has 1 aromatic rings. The van der Waals surface area contributed by atoms with E-state index in [4.69, 9.17) is 0 Å². The average Bonchev–Trinajstić information content (AvgIpc) is 2.26. The summed E-state index contributed by atoms with van der Waals surface area (Å²) in [6.07, 6.45) is 0. The van der Waals surface area contributed by atoms with Gasteiger partial charge in [0, 0.05) is 16.8 Å². The molecule has 0 bridgehead atoms. The standard InChI is InChI=1S/C10H12N2O4/c1-8(12(15)16)10(7-11(13)14)9-5-3-2-4-6-9/h2-6,8,10H,7H2,1H3/t8-,10-/m0/s1. The minimum absolute atomic E-state index is 0.424. The van der Waals surface area contributed by atoms with Crippen LogP contribution >= 0.6 is 0 Å². The van der Waals surface area contributed by atoms with Gasteiger partial charge in [-0.05, 0) is 5.56 Å². The third-order valence-electron chi connectivity index (χ3n) is 2.49. The molecule has 0 aliphatic rings. The smallest absolute Gasteiger partial charge is 0.223 e. The Balaban J connectivity index is 2.96. The Bertz CT molecular complexity index is 380. The summed E-state index contributed by atoms with van der Waals surface area (Å²) in [6.45, 7) is 0.966. The van der Waals surface area contributed by atoms with Crippen molar-refractivity contribution in [1.29, 1.82) is 0 Å². The van der Waals surface area contributed by atoms with Crippen molar-refractivity contribution >= 4 is 0 Å². The zero-order valence-corrected chi connectivity index (χ0v) is 8.78. The first-order valence-corrected chi connectivity index (χ1v) is 4.82. The SMILES string of the molecule is C[C@@H]([C@H](C[N+](=O)[O-])c1ccccc1)[N+](=O)[O-]. The third kappa shape index (κ3) is 3.01. The summed E-state index contributed by atoms with van der Waals surface area (Å²) in [5.41, 5.74) is 0.628. The second kappa shape index (κ2) is 5.20. The predicted molar refractivity (Wildman–Crippen MR) is 57.5 cm³/mol. The fourth-order valence-corrected chi connectivity index (χ4v) is 1.54. The van der Waals surface area contributed by atoms with Crippen molar-refractivity contribution < 1.29 is 9.85 Å². The van der Waals surface area contributed by atoms with Gasteiger partial charge in [0.2, 0.25) is 12.6 Å². The maximum atomic E-state index is 10.7. The molecular weight excluding hydrogens is 212 g/mol. The quantitative estimate of drug-likeness (QED) is 0.562. The number of rotatable bonds is 5. The molecule has 16 heavy (non-hydrogen) atoms. The maximum absolute atomic E-state index is 10.7. The number of hydrogen-bond donors (Lipinski definition) is 0. The van der Waals surface area contributed by atoms with Gasteiger partial charge >= 0.3 is 0 Å². The van der Waals surface area contributed by atoms with Crippen LogP contribution in [0.2, 0.25) is 0 Å². The van der Waals surface area contributed by atoms with E-state index >= 15 is 0 Å². The van der Waals surface area contributed by atoms with Crippen LogP contribution < -0.4 is 0 Å². The predicted octanol–water partition coefficient (Wildman–Crippen LogP) is 1.71. The molecule has 0 amide bonds. The van der Waals surface area contributed by atoms with Crippen molar-refractivity contribution in [3.05, 3.63) is 56.1 Å². The van der Waals surface area contributed by atoms with Crippen LogP contribution in [0.5, 0.6) is 0 Å². The Morgan fingerprint density at radius 2 is 1.75 bits per heavy atom. The lowest BCUT2D eigenvalue weighted by molar-refractivity contribution is -0.543. The van der Waals surface area contributed by atoms with Crippen LogP contribution in [-0.4, -0.2) is 22.4 Å².